The molecule has 0 saturated heterocycles. The summed E-state index contributed by atoms with van der Waals surface area (Å²) in [7, 11) is 0. The highest BCUT2D eigenvalue weighted by molar-refractivity contribution is 5.79. The van der Waals surface area contributed by atoms with Gasteiger partial charge in [0.25, 0.3) is 0 Å². The molecule has 0 heterocycles. The van der Waals surface area contributed by atoms with E-state index in [1.54, 1.807) is 13.8 Å². The number of carbonyl (C=O) groups excluding carboxylic acids is 2. The van der Waals surface area contributed by atoms with Crippen LogP contribution in [0.5, 0.6) is 0 Å². The molecular formula is C11H18O4. The normalized spacial score (nSPS) is 18.5. The highest BCUT2D eigenvalue weighted by atomic mass is 16.6. The summed E-state index contributed by atoms with van der Waals surface area (Å²) in [6.45, 7) is 3.24. The minimum absolute atomic E-state index is 0.0280. The molecule has 0 bridgehead atoms. The zero-order valence-corrected chi connectivity index (χ0v) is 9.32. The Morgan fingerprint density at radius 3 is 2.47 bits per heavy atom. The van der Waals surface area contributed by atoms with Gasteiger partial charge in [0.05, 0.1) is 0 Å². The number of rotatable bonds is 4. The van der Waals surface area contributed by atoms with E-state index in [0.29, 0.717) is 0 Å². The van der Waals surface area contributed by atoms with Gasteiger partial charge in [0, 0.05) is 6.42 Å². The van der Waals surface area contributed by atoms with Gasteiger partial charge in [0.15, 0.2) is 6.10 Å². The predicted octanol–water partition coefficient (Wildman–Crippen LogP) is 1.81. The Morgan fingerprint density at radius 1 is 1.33 bits per heavy atom. The topological polar surface area (TPSA) is 52.6 Å². The Hall–Kier alpha value is -1.06. The van der Waals surface area contributed by atoms with E-state index in [2.05, 4.69) is 0 Å². The van der Waals surface area contributed by atoms with Gasteiger partial charge in [-0.25, -0.2) is 4.79 Å². The van der Waals surface area contributed by atoms with Gasteiger partial charge in [-0.2, -0.15) is 0 Å². The van der Waals surface area contributed by atoms with E-state index >= 15 is 0 Å². The minimum atomic E-state index is -0.780. The third-order valence-electron chi connectivity index (χ3n) is 2.51. The molecule has 15 heavy (non-hydrogen) atoms. The van der Waals surface area contributed by atoms with Gasteiger partial charge < -0.3 is 9.47 Å². The lowest BCUT2D eigenvalue weighted by molar-refractivity contribution is -0.169. The first-order valence-corrected chi connectivity index (χ1v) is 5.53. The van der Waals surface area contributed by atoms with E-state index in [1.165, 1.54) is 0 Å². The third kappa shape index (κ3) is 3.90. The largest absolute Gasteiger partial charge is 0.460 e. The maximum absolute atomic E-state index is 11.5. The fraction of sp³-hybridized carbons (Fsp3) is 0.818. The van der Waals surface area contributed by atoms with Crippen molar-refractivity contribution in [2.75, 3.05) is 0 Å². The molecular weight excluding hydrogens is 196 g/mol. The molecule has 0 aromatic heterocycles. The van der Waals surface area contributed by atoms with E-state index in [9.17, 15) is 9.59 Å². The Morgan fingerprint density at radius 2 is 1.93 bits per heavy atom. The summed E-state index contributed by atoms with van der Waals surface area (Å²) in [6.07, 6.45) is 3.61. The zero-order valence-electron chi connectivity index (χ0n) is 9.32. The van der Waals surface area contributed by atoms with Gasteiger partial charge in [-0.1, -0.05) is 6.92 Å². The van der Waals surface area contributed by atoms with Crippen molar-refractivity contribution in [3.63, 3.8) is 0 Å². The van der Waals surface area contributed by atoms with Crippen molar-refractivity contribution in [1.29, 1.82) is 0 Å². The van der Waals surface area contributed by atoms with Crippen LogP contribution in [-0.2, 0) is 19.1 Å². The highest BCUT2D eigenvalue weighted by Crippen LogP contribution is 2.21. The molecule has 0 spiro atoms. The van der Waals surface area contributed by atoms with Crippen LogP contribution in [0.1, 0.15) is 46.0 Å². The van der Waals surface area contributed by atoms with E-state index in [0.717, 1.165) is 25.7 Å². The van der Waals surface area contributed by atoms with E-state index < -0.39 is 12.1 Å². The molecule has 1 saturated carbocycles. The summed E-state index contributed by atoms with van der Waals surface area (Å²) in [6, 6.07) is 0. The van der Waals surface area contributed by atoms with Crippen LogP contribution < -0.4 is 0 Å². The molecule has 86 valence electrons. The molecule has 0 N–H and O–H groups in total. The summed E-state index contributed by atoms with van der Waals surface area (Å²) in [5.41, 5.74) is 0. The maximum Gasteiger partial charge on any atom is 0.347 e. The van der Waals surface area contributed by atoms with Crippen molar-refractivity contribution in [3.8, 4) is 0 Å². The Kier molecular flexibility index (Phi) is 4.59. The molecule has 0 aliphatic heterocycles. The summed E-state index contributed by atoms with van der Waals surface area (Å²) in [4.78, 5) is 22.4. The second kappa shape index (κ2) is 5.73. The zero-order chi connectivity index (χ0) is 11.3. The summed E-state index contributed by atoms with van der Waals surface area (Å²) < 4.78 is 10.1. The lowest BCUT2D eigenvalue weighted by atomic mass is 10.3. The fourth-order valence-electron chi connectivity index (χ4n) is 1.59. The van der Waals surface area contributed by atoms with E-state index in [4.69, 9.17) is 9.47 Å². The Balaban J connectivity index is 2.28. The molecule has 0 aromatic carbocycles. The van der Waals surface area contributed by atoms with Gasteiger partial charge >= 0.3 is 11.9 Å². The van der Waals surface area contributed by atoms with Crippen LogP contribution in [0.25, 0.3) is 0 Å². The smallest absolute Gasteiger partial charge is 0.347 e. The first-order valence-electron chi connectivity index (χ1n) is 5.53. The van der Waals surface area contributed by atoms with Crippen LogP contribution >= 0.6 is 0 Å². The molecule has 4 nitrogen and oxygen atoms in total. The van der Waals surface area contributed by atoms with E-state index in [-0.39, 0.29) is 18.5 Å². The number of ether oxygens (including phenoxy) is 2. The lowest BCUT2D eigenvalue weighted by Crippen LogP contribution is -2.28. The first-order chi connectivity index (χ1) is 7.13. The molecule has 1 fully saturated rings. The van der Waals surface area contributed by atoms with Crippen LogP contribution in [0.3, 0.4) is 0 Å². The van der Waals surface area contributed by atoms with Crippen LogP contribution in [0.4, 0.5) is 0 Å². The van der Waals surface area contributed by atoms with Crippen molar-refractivity contribution < 1.29 is 19.1 Å². The summed E-state index contributed by atoms with van der Waals surface area (Å²) in [5, 5.41) is 0. The average Bonchev–Trinajstić information content (AvgIpc) is 2.70. The standard InChI is InChI=1S/C11H18O4/c1-3-10(12)14-8(2)11(13)15-9-6-4-5-7-9/h8-9H,3-7H2,1-2H3. The van der Waals surface area contributed by atoms with Crippen LogP contribution in [-0.4, -0.2) is 24.1 Å². The number of carbonyl (C=O) groups is 2. The van der Waals surface area contributed by atoms with Gasteiger partial charge in [0.2, 0.25) is 0 Å². The fourth-order valence-corrected chi connectivity index (χ4v) is 1.59. The molecule has 4 heteroatoms. The second-order valence-electron chi connectivity index (χ2n) is 3.83. The number of hydrogen-bond donors (Lipinski definition) is 0. The molecule has 0 radical (unpaired) electrons. The molecule has 0 amide bonds. The Labute approximate surface area is 89.9 Å². The molecule has 1 atom stereocenters. The highest BCUT2D eigenvalue weighted by Gasteiger charge is 2.24. The van der Waals surface area contributed by atoms with Gasteiger partial charge in [0.1, 0.15) is 6.10 Å². The number of esters is 2. The quantitative estimate of drug-likeness (QED) is 0.670. The third-order valence-corrected chi connectivity index (χ3v) is 2.51. The van der Waals surface area contributed by atoms with Crippen molar-refractivity contribution in [2.45, 2.75) is 58.2 Å². The average molecular weight is 214 g/mol. The van der Waals surface area contributed by atoms with Gasteiger partial charge in [-0.05, 0) is 32.6 Å². The van der Waals surface area contributed by atoms with Crippen molar-refractivity contribution in [2.24, 2.45) is 0 Å². The molecule has 1 unspecified atom stereocenters. The summed E-state index contributed by atoms with van der Waals surface area (Å²) in [5.74, 6) is -0.797. The summed E-state index contributed by atoms with van der Waals surface area (Å²) >= 11 is 0. The van der Waals surface area contributed by atoms with Gasteiger partial charge in [-0.15, -0.1) is 0 Å². The number of hydrogen-bond acceptors (Lipinski definition) is 4. The molecule has 1 aliphatic rings. The second-order valence-corrected chi connectivity index (χ2v) is 3.83. The maximum atomic E-state index is 11.5. The van der Waals surface area contributed by atoms with Crippen molar-refractivity contribution in [3.05, 3.63) is 0 Å². The monoisotopic (exact) mass is 214 g/mol. The van der Waals surface area contributed by atoms with E-state index in [1.807, 2.05) is 0 Å². The van der Waals surface area contributed by atoms with Crippen molar-refractivity contribution >= 4 is 11.9 Å². The first kappa shape index (κ1) is 12.0. The molecule has 1 aliphatic carbocycles. The van der Waals surface area contributed by atoms with Crippen LogP contribution in [0, 0.1) is 0 Å². The molecule has 1 rings (SSSR count). The molecule has 0 aromatic rings. The van der Waals surface area contributed by atoms with Gasteiger partial charge in [-0.3, -0.25) is 4.79 Å². The predicted molar refractivity (Wildman–Crippen MR) is 54.2 cm³/mol. The minimum Gasteiger partial charge on any atom is -0.460 e. The van der Waals surface area contributed by atoms with Crippen molar-refractivity contribution in [1.82, 2.24) is 0 Å². The van der Waals surface area contributed by atoms with Crippen LogP contribution in [0.15, 0.2) is 0 Å². The Bertz CT molecular complexity index is 231. The lowest BCUT2D eigenvalue weighted by Gasteiger charge is -2.15. The SMILES string of the molecule is CCC(=O)OC(C)C(=O)OC1CCCC1. The van der Waals surface area contributed by atoms with Crippen LogP contribution in [0.2, 0.25) is 0 Å².